The van der Waals surface area contributed by atoms with Gasteiger partial charge in [-0.05, 0) is 49.4 Å². The summed E-state index contributed by atoms with van der Waals surface area (Å²) >= 11 is 6.41. The van der Waals surface area contributed by atoms with Gasteiger partial charge in [0.15, 0.2) is 0 Å². The molecule has 2 atom stereocenters. The number of fused-ring (bicyclic) bond motifs is 1. The van der Waals surface area contributed by atoms with Crippen molar-refractivity contribution < 1.29 is 4.74 Å². The first-order valence-electron chi connectivity index (χ1n) is 6.78. The van der Waals surface area contributed by atoms with Crippen LogP contribution in [0.3, 0.4) is 0 Å². The van der Waals surface area contributed by atoms with Crippen LogP contribution in [0.2, 0.25) is 5.02 Å². The number of nitrogens with one attached hydrogen (secondary N) is 1. The fourth-order valence-corrected chi connectivity index (χ4v) is 3.15. The minimum Gasteiger partial charge on any atom is -0.496 e. The number of hydrogen-bond donors (Lipinski definition) is 1. The summed E-state index contributed by atoms with van der Waals surface area (Å²) in [6, 6.07) is 4.32. The van der Waals surface area contributed by atoms with Crippen molar-refractivity contribution in [2.24, 2.45) is 0 Å². The van der Waals surface area contributed by atoms with Gasteiger partial charge in [-0.1, -0.05) is 25.4 Å². The lowest BCUT2D eigenvalue weighted by Gasteiger charge is -2.32. The lowest BCUT2D eigenvalue weighted by molar-refractivity contribution is 0.383. The molecule has 2 nitrogen and oxygen atoms in total. The van der Waals surface area contributed by atoms with E-state index >= 15 is 0 Å². The second kappa shape index (κ2) is 5.94. The van der Waals surface area contributed by atoms with Gasteiger partial charge in [-0.2, -0.15) is 0 Å². The Morgan fingerprint density at radius 1 is 1.33 bits per heavy atom. The molecule has 1 aromatic rings. The van der Waals surface area contributed by atoms with E-state index in [9.17, 15) is 0 Å². The summed E-state index contributed by atoms with van der Waals surface area (Å²) < 4.78 is 5.50. The average molecular weight is 268 g/mol. The van der Waals surface area contributed by atoms with Crippen molar-refractivity contribution in [2.45, 2.75) is 45.1 Å². The van der Waals surface area contributed by atoms with Crippen molar-refractivity contribution in [1.82, 2.24) is 5.32 Å². The van der Waals surface area contributed by atoms with Crippen molar-refractivity contribution in [2.75, 3.05) is 13.7 Å². The molecule has 0 saturated carbocycles. The zero-order valence-corrected chi connectivity index (χ0v) is 12.2. The van der Waals surface area contributed by atoms with E-state index in [4.69, 9.17) is 16.3 Å². The number of halogens is 1. The summed E-state index contributed by atoms with van der Waals surface area (Å²) in [6.07, 6.45) is 3.48. The standard InChI is InChI=1S/C15H22ClNO/c1-4-9-17-12-7-5-10(2)14-13(18-3)8-6-11(16)15(12)14/h6,8,10,12,17H,4-5,7,9H2,1-3H3. The molecule has 0 amide bonds. The first kappa shape index (κ1) is 13.7. The lowest BCUT2D eigenvalue weighted by atomic mass is 9.80. The SMILES string of the molecule is CCCNC1CCC(C)c2c(OC)ccc(Cl)c21. The van der Waals surface area contributed by atoms with E-state index in [0.717, 1.165) is 30.2 Å². The molecule has 2 rings (SSSR count). The van der Waals surface area contributed by atoms with Crippen LogP contribution in [0.5, 0.6) is 5.75 Å². The van der Waals surface area contributed by atoms with Crippen molar-refractivity contribution in [1.29, 1.82) is 0 Å². The van der Waals surface area contributed by atoms with Crippen molar-refractivity contribution in [3.05, 3.63) is 28.3 Å². The monoisotopic (exact) mass is 267 g/mol. The predicted molar refractivity (Wildman–Crippen MR) is 76.7 cm³/mol. The minimum absolute atomic E-state index is 0.374. The molecule has 0 radical (unpaired) electrons. The third-order valence-electron chi connectivity index (χ3n) is 3.78. The van der Waals surface area contributed by atoms with Crippen molar-refractivity contribution in [3.8, 4) is 5.75 Å². The Labute approximate surface area is 115 Å². The zero-order valence-electron chi connectivity index (χ0n) is 11.4. The van der Waals surface area contributed by atoms with Crippen molar-refractivity contribution >= 4 is 11.6 Å². The number of rotatable bonds is 4. The third-order valence-corrected chi connectivity index (χ3v) is 4.11. The topological polar surface area (TPSA) is 21.3 Å². The molecule has 0 fully saturated rings. The quantitative estimate of drug-likeness (QED) is 0.879. The van der Waals surface area contributed by atoms with Gasteiger partial charge in [0.25, 0.3) is 0 Å². The van der Waals surface area contributed by atoms with Gasteiger partial charge in [-0.25, -0.2) is 0 Å². The van der Waals surface area contributed by atoms with Crippen LogP contribution >= 0.6 is 11.6 Å². The Morgan fingerprint density at radius 3 is 2.78 bits per heavy atom. The number of ether oxygens (including phenoxy) is 1. The minimum atomic E-state index is 0.374. The third kappa shape index (κ3) is 2.50. The van der Waals surface area contributed by atoms with Crippen LogP contribution in [0.15, 0.2) is 12.1 Å². The highest BCUT2D eigenvalue weighted by Gasteiger charge is 2.29. The molecule has 1 aliphatic rings. The summed E-state index contributed by atoms with van der Waals surface area (Å²) in [5.74, 6) is 1.50. The molecule has 0 saturated heterocycles. The molecule has 1 aliphatic carbocycles. The highest BCUT2D eigenvalue weighted by atomic mass is 35.5. The van der Waals surface area contributed by atoms with Crippen LogP contribution in [-0.2, 0) is 0 Å². The Hall–Kier alpha value is -0.730. The van der Waals surface area contributed by atoms with E-state index in [1.165, 1.54) is 17.5 Å². The second-order valence-corrected chi connectivity index (χ2v) is 5.47. The Morgan fingerprint density at radius 2 is 2.11 bits per heavy atom. The number of benzene rings is 1. The lowest BCUT2D eigenvalue weighted by Crippen LogP contribution is -2.27. The summed E-state index contributed by atoms with van der Waals surface area (Å²) in [7, 11) is 1.74. The maximum absolute atomic E-state index is 6.41. The van der Waals surface area contributed by atoms with Crippen LogP contribution in [0.4, 0.5) is 0 Å². The molecular weight excluding hydrogens is 246 g/mol. The van der Waals surface area contributed by atoms with Crippen LogP contribution in [0.25, 0.3) is 0 Å². The van der Waals surface area contributed by atoms with Gasteiger partial charge in [0.2, 0.25) is 0 Å². The number of hydrogen-bond acceptors (Lipinski definition) is 2. The van der Waals surface area contributed by atoms with E-state index in [-0.39, 0.29) is 0 Å². The summed E-state index contributed by atoms with van der Waals surface area (Å²) in [6.45, 7) is 5.48. The molecule has 100 valence electrons. The Kier molecular flexibility index (Phi) is 4.52. The molecule has 3 heteroatoms. The average Bonchev–Trinajstić information content (AvgIpc) is 2.39. The highest BCUT2D eigenvalue weighted by Crippen LogP contribution is 2.45. The second-order valence-electron chi connectivity index (χ2n) is 5.06. The molecule has 0 heterocycles. The Bertz CT molecular complexity index is 419. The molecule has 2 unspecified atom stereocenters. The van der Waals surface area contributed by atoms with E-state index < -0.39 is 0 Å². The molecule has 0 aliphatic heterocycles. The first-order valence-corrected chi connectivity index (χ1v) is 7.16. The number of methoxy groups -OCH3 is 1. The van der Waals surface area contributed by atoms with Gasteiger partial charge in [0.05, 0.1) is 7.11 Å². The molecular formula is C15H22ClNO. The largest absolute Gasteiger partial charge is 0.496 e. The van der Waals surface area contributed by atoms with Crippen LogP contribution in [-0.4, -0.2) is 13.7 Å². The molecule has 1 aromatic carbocycles. The maximum Gasteiger partial charge on any atom is 0.122 e. The summed E-state index contributed by atoms with van der Waals surface area (Å²) in [4.78, 5) is 0. The van der Waals surface area contributed by atoms with Gasteiger partial charge >= 0.3 is 0 Å². The predicted octanol–water partition coefficient (Wildman–Crippen LogP) is 4.29. The fourth-order valence-electron chi connectivity index (χ4n) is 2.86. The summed E-state index contributed by atoms with van der Waals surface area (Å²) in [5, 5.41) is 4.47. The molecule has 18 heavy (non-hydrogen) atoms. The van der Waals surface area contributed by atoms with Gasteiger partial charge < -0.3 is 10.1 Å². The normalized spacial score (nSPS) is 22.7. The smallest absolute Gasteiger partial charge is 0.122 e. The maximum atomic E-state index is 6.41. The van der Waals surface area contributed by atoms with E-state index in [2.05, 4.69) is 19.2 Å². The van der Waals surface area contributed by atoms with Gasteiger partial charge in [0, 0.05) is 16.6 Å². The van der Waals surface area contributed by atoms with Crippen LogP contribution in [0.1, 0.15) is 56.2 Å². The van der Waals surface area contributed by atoms with Gasteiger partial charge in [0.1, 0.15) is 5.75 Å². The Balaban J connectivity index is 2.42. The van der Waals surface area contributed by atoms with Gasteiger partial charge in [-0.15, -0.1) is 0 Å². The highest BCUT2D eigenvalue weighted by molar-refractivity contribution is 6.31. The van der Waals surface area contributed by atoms with E-state index in [1.54, 1.807) is 7.11 Å². The fraction of sp³-hybridized carbons (Fsp3) is 0.600. The molecule has 0 spiro atoms. The van der Waals surface area contributed by atoms with E-state index in [1.807, 2.05) is 12.1 Å². The van der Waals surface area contributed by atoms with Crippen molar-refractivity contribution in [3.63, 3.8) is 0 Å². The zero-order chi connectivity index (χ0) is 13.1. The first-order chi connectivity index (χ1) is 8.69. The van der Waals surface area contributed by atoms with Gasteiger partial charge in [-0.3, -0.25) is 0 Å². The summed E-state index contributed by atoms with van der Waals surface area (Å²) in [5.41, 5.74) is 2.55. The molecule has 0 aromatic heterocycles. The molecule has 1 N–H and O–H groups in total. The van der Waals surface area contributed by atoms with Crippen LogP contribution < -0.4 is 10.1 Å². The van der Waals surface area contributed by atoms with Crippen LogP contribution in [0, 0.1) is 0 Å². The van der Waals surface area contributed by atoms with E-state index in [0.29, 0.717) is 12.0 Å². The molecule has 0 bridgehead atoms.